The number of hydrazone groups is 1. The number of carbonyl (C=O) groups excluding carboxylic acids is 2. The van der Waals surface area contributed by atoms with Crippen molar-refractivity contribution < 1.29 is 28.1 Å². The van der Waals surface area contributed by atoms with E-state index in [2.05, 4.69) is 43.0 Å². The predicted octanol–water partition coefficient (Wildman–Crippen LogP) is 8.58. The van der Waals surface area contributed by atoms with E-state index in [1.165, 1.54) is 30.4 Å². The van der Waals surface area contributed by atoms with Crippen molar-refractivity contribution in [2.24, 2.45) is 10.5 Å². The number of likely N-dealkylation sites (N-methyl/N-ethyl adjacent to an activating group) is 1. The van der Waals surface area contributed by atoms with Gasteiger partial charge in [-0.3, -0.25) is 14.6 Å². The largest absolute Gasteiger partial charge is 0.344 e. The van der Waals surface area contributed by atoms with Gasteiger partial charge in [-0.1, -0.05) is 56.9 Å². The average molecular weight is 743 g/mol. The quantitative estimate of drug-likeness (QED) is 0.0496. The number of amides is 1. The molecule has 50 heavy (non-hydrogen) atoms. The van der Waals surface area contributed by atoms with Crippen molar-refractivity contribution in [2.75, 3.05) is 43.1 Å². The van der Waals surface area contributed by atoms with Crippen molar-refractivity contribution in [1.82, 2.24) is 10.1 Å². The van der Waals surface area contributed by atoms with E-state index in [1.807, 2.05) is 37.3 Å². The molecule has 0 saturated heterocycles. The maximum absolute atomic E-state index is 13.2. The summed E-state index contributed by atoms with van der Waals surface area (Å²) in [6.45, 7) is 7.16. The Morgan fingerprint density at radius 3 is 2.44 bits per heavy atom. The van der Waals surface area contributed by atoms with E-state index in [1.54, 1.807) is 11.2 Å². The summed E-state index contributed by atoms with van der Waals surface area (Å²) >= 11 is 2.44. The Hall–Kier alpha value is -2.78. The number of allylic oxidation sites excluding steroid dienone is 7. The fourth-order valence-corrected chi connectivity index (χ4v) is 7.60. The predicted molar refractivity (Wildman–Crippen MR) is 207 cm³/mol. The van der Waals surface area contributed by atoms with Crippen LogP contribution in [0.15, 0.2) is 87.7 Å². The van der Waals surface area contributed by atoms with Crippen molar-refractivity contribution >= 4 is 59.7 Å². The topological polar surface area (TPSA) is 126 Å². The van der Waals surface area contributed by atoms with E-state index in [-0.39, 0.29) is 12.0 Å². The maximum atomic E-state index is 13.2. The van der Waals surface area contributed by atoms with Gasteiger partial charge in [0.05, 0.1) is 11.3 Å². The third-order valence-electron chi connectivity index (χ3n) is 9.73. The number of hydrogen-bond acceptors (Lipinski definition) is 12. The maximum Gasteiger partial charge on any atom is 0.278 e. The molecule has 0 atom stereocenters. The number of carbonyl (C=O) groups is 2. The van der Waals surface area contributed by atoms with Crippen molar-refractivity contribution in [3.63, 3.8) is 0 Å². The average Bonchev–Trinajstić information content (AvgIpc) is 3.35. The van der Waals surface area contributed by atoms with Gasteiger partial charge in [0.2, 0.25) is 0 Å². The molecule has 272 valence electrons. The number of fused-ring (bicyclic) bond motifs is 2. The first-order valence-corrected chi connectivity index (χ1v) is 19.7. The molecule has 1 aromatic carbocycles. The number of benzene rings is 1. The Labute approximate surface area is 309 Å². The molecule has 3 aliphatic rings. The zero-order chi connectivity index (χ0) is 36.1. The van der Waals surface area contributed by atoms with Gasteiger partial charge in [-0.15, -0.1) is 0 Å². The molecule has 1 fully saturated rings. The summed E-state index contributed by atoms with van der Waals surface area (Å²) in [5, 5.41) is 7.78. The molecule has 13 heteroatoms. The summed E-state index contributed by atoms with van der Waals surface area (Å²) in [5.74, 6) is 0.786. The fourth-order valence-electron chi connectivity index (χ4n) is 6.79. The van der Waals surface area contributed by atoms with E-state index >= 15 is 0 Å². The number of nitrogens with zero attached hydrogens (tertiary/aromatic N) is 4. The highest BCUT2D eigenvalue weighted by Gasteiger charge is 2.47. The second-order valence-corrected chi connectivity index (χ2v) is 15.2. The highest BCUT2D eigenvalue weighted by Crippen LogP contribution is 2.56. The van der Waals surface area contributed by atoms with Gasteiger partial charge in [-0.25, -0.2) is 5.06 Å². The molecule has 1 amide bonds. The van der Waals surface area contributed by atoms with Gasteiger partial charge in [-0.05, 0) is 98.7 Å². The molecule has 1 saturated carbocycles. The van der Waals surface area contributed by atoms with Crippen LogP contribution >= 0.6 is 36.1 Å². The molecule has 1 aromatic rings. The minimum atomic E-state index is -0.530. The zero-order valence-electron chi connectivity index (χ0n) is 29.4. The number of rotatable bonds is 16. The van der Waals surface area contributed by atoms with Gasteiger partial charge in [0.1, 0.15) is 12.9 Å². The van der Waals surface area contributed by atoms with Crippen LogP contribution in [-0.2, 0) is 19.8 Å². The molecule has 0 radical (unpaired) electrons. The highest BCUT2D eigenvalue weighted by atomic mass is 32.2. The Kier molecular flexibility index (Phi) is 15.3. The van der Waals surface area contributed by atoms with Gasteiger partial charge in [0.15, 0.2) is 0 Å². The number of aldehydes is 1. The van der Waals surface area contributed by atoms with Crippen LogP contribution in [0.3, 0.4) is 0 Å². The third kappa shape index (κ3) is 9.55. The highest BCUT2D eigenvalue weighted by molar-refractivity contribution is 7.94. The molecular formula is C37H50N4O6S3. The minimum Gasteiger partial charge on any atom is -0.344 e. The molecule has 4 rings (SSSR count). The van der Waals surface area contributed by atoms with Gasteiger partial charge in [0, 0.05) is 77.0 Å². The smallest absolute Gasteiger partial charge is 0.278 e. The van der Waals surface area contributed by atoms with Gasteiger partial charge in [-0.2, -0.15) is 5.10 Å². The summed E-state index contributed by atoms with van der Waals surface area (Å²) in [4.78, 5) is 32.5. The summed E-state index contributed by atoms with van der Waals surface area (Å²) in [6, 6.07) is 6.26. The van der Waals surface area contributed by atoms with E-state index in [0.29, 0.717) is 36.3 Å². The molecule has 2 aliphatic heterocycles. The Balaban J connectivity index is 1.67. The van der Waals surface area contributed by atoms with Gasteiger partial charge >= 0.3 is 0 Å². The Morgan fingerprint density at radius 2 is 1.76 bits per heavy atom. The molecule has 0 bridgehead atoms. The molecule has 0 unspecified atom stereocenters. The van der Waals surface area contributed by atoms with Crippen LogP contribution in [0.4, 0.5) is 5.69 Å². The second kappa shape index (κ2) is 19.2. The van der Waals surface area contributed by atoms with Crippen molar-refractivity contribution in [3.05, 3.63) is 83.3 Å². The van der Waals surface area contributed by atoms with E-state index < -0.39 is 11.3 Å². The first kappa shape index (κ1) is 40.0. The number of anilines is 1. The monoisotopic (exact) mass is 742 g/mol. The van der Waals surface area contributed by atoms with Crippen LogP contribution in [0.25, 0.3) is 0 Å². The molecule has 1 spiro atoms. The zero-order valence-corrected chi connectivity index (χ0v) is 31.9. The van der Waals surface area contributed by atoms with Gasteiger partial charge < -0.3 is 23.4 Å². The lowest BCUT2D eigenvalue weighted by molar-refractivity contribution is -0.173. The van der Waals surface area contributed by atoms with E-state index in [4.69, 9.17) is 9.94 Å². The van der Waals surface area contributed by atoms with Crippen molar-refractivity contribution in [2.45, 2.75) is 76.0 Å². The Morgan fingerprint density at radius 1 is 1.04 bits per heavy atom. The molecular weight excluding hydrogens is 693 g/mol. The van der Waals surface area contributed by atoms with Gasteiger partial charge in [0.25, 0.3) is 5.91 Å². The first-order valence-electron chi connectivity index (χ1n) is 17.1. The van der Waals surface area contributed by atoms with Crippen LogP contribution in [0, 0.1) is 5.41 Å². The SMILES string of the molecule is C/C1=C\C(C(=O)N(C)OCC=O)=C/N(CCCSO)/N=C(/C=C/C=C/C=C2/N(CCCSO)c3ccc(SO)cc3C23CCCCC3)C1(C)C. The molecule has 10 nitrogen and oxygen atoms in total. The Bertz CT molecular complexity index is 1530. The van der Waals surface area contributed by atoms with E-state index in [0.717, 1.165) is 96.0 Å². The molecule has 2 heterocycles. The van der Waals surface area contributed by atoms with Crippen LogP contribution in [0.1, 0.15) is 71.3 Å². The van der Waals surface area contributed by atoms with Crippen LogP contribution in [0.5, 0.6) is 0 Å². The molecule has 1 aliphatic carbocycles. The van der Waals surface area contributed by atoms with Crippen LogP contribution in [-0.4, -0.2) is 79.9 Å². The second-order valence-electron chi connectivity index (χ2n) is 13.2. The molecule has 3 N–H and O–H groups in total. The standard InChI is InChI=1S/C37H50N4O6S3/c1-28-25-29(35(43)39(4)47-22-21-42)27-40(19-11-23-48-44)38-33(36(28,2)3)13-7-5-8-14-34-37(17-9-6-10-18-37)31-26-30(50-46)15-16-32(31)41(34)20-12-24-49-45/h5,7-8,13-16,21,25-27,44-46H,6,9-12,17-20,22-24H2,1-4H3/b8-5+,13-7+,28-25+,29-27+,34-14+,38-33-. The first-order chi connectivity index (χ1) is 24.1. The minimum absolute atomic E-state index is 0.117. The van der Waals surface area contributed by atoms with E-state index in [9.17, 15) is 23.2 Å². The normalized spacial score (nSPS) is 22.5. The van der Waals surface area contributed by atoms with Crippen molar-refractivity contribution in [3.8, 4) is 0 Å². The summed E-state index contributed by atoms with van der Waals surface area (Å²) < 4.78 is 28.6. The summed E-state index contributed by atoms with van der Waals surface area (Å²) in [5.41, 5.74) is 5.20. The lowest BCUT2D eigenvalue weighted by Gasteiger charge is -2.37. The lowest BCUT2D eigenvalue weighted by atomic mass is 9.68. The van der Waals surface area contributed by atoms with Crippen LogP contribution < -0.4 is 4.90 Å². The molecule has 0 aromatic heterocycles. The van der Waals surface area contributed by atoms with Crippen LogP contribution in [0.2, 0.25) is 0 Å². The third-order valence-corrected chi connectivity index (χ3v) is 11.1. The van der Waals surface area contributed by atoms with Crippen molar-refractivity contribution in [1.29, 1.82) is 0 Å². The number of hydroxylamine groups is 2. The summed E-state index contributed by atoms with van der Waals surface area (Å²) in [7, 11) is 1.48. The lowest BCUT2D eigenvalue weighted by Crippen LogP contribution is -2.33. The number of hydrogen-bond donors (Lipinski definition) is 3. The summed E-state index contributed by atoms with van der Waals surface area (Å²) in [6.07, 6.45) is 21.6. The fraction of sp³-hybridized carbons (Fsp3) is 0.486.